The molecule has 23 heavy (non-hydrogen) atoms. The molecule has 1 aromatic heterocycles. The summed E-state index contributed by atoms with van der Waals surface area (Å²) in [6, 6.07) is 9.60. The number of aromatic nitrogens is 1. The topological polar surface area (TPSA) is 45.2 Å². The fourth-order valence-corrected chi connectivity index (χ4v) is 2.34. The minimum absolute atomic E-state index is 0.179. The second-order valence-electron chi connectivity index (χ2n) is 5.88. The van der Waals surface area contributed by atoms with E-state index in [2.05, 4.69) is 22.1 Å². The molecule has 0 unspecified atom stereocenters. The van der Waals surface area contributed by atoms with Crippen LogP contribution >= 0.6 is 0 Å². The zero-order chi connectivity index (χ0) is 16.8. The number of unbranched alkanes of at least 4 members (excludes halogenated alkanes) is 1. The molecule has 0 aliphatic carbocycles. The van der Waals surface area contributed by atoms with Crippen molar-refractivity contribution in [2.45, 2.75) is 33.6 Å². The molecule has 0 fully saturated rings. The number of anilines is 2. The third-order valence-corrected chi connectivity index (χ3v) is 4.12. The Kier molecular flexibility index (Phi) is 5.74. The van der Waals surface area contributed by atoms with Crippen molar-refractivity contribution in [3.8, 4) is 0 Å². The number of rotatable bonds is 6. The van der Waals surface area contributed by atoms with Crippen LogP contribution in [0.25, 0.3) is 0 Å². The number of pyridine rings is 1. The minimum atomic E-state index is -0.179. The van der Waals surface area contributed by atoms with Crippen LogP contribution in [0.1, 0.15) is 41.4 Å². The molecule has 1 N–H and O–H groups in total. The van der Waals surface area contributed by atoms with Crippen LogP contribution in [-0.4, -0.2) is 24.5 Å². The van der Waals surface area contributed by atoms with Crippen molar-refractivity contribution < 1.29 is 4.79 Å². The van der Waals surface area contributed by atoms with Gasteiger partial charge in [0.15, 0.2) is 0 Å². The van der Waals surface area contributed by atoms with Gasteiger partial charge in [-0.05, 0) is 49.6 Å². The smallest absolute Gasteiger partial charge is 0.274 e. The summed E-state index contributed by atoms with van der Waals surface area (Å²) >= 11 is 0. The molecule has 1 aromatic carbocycles. The van der Waals surface area contributed by atoms with Gasteiger partial charge >= 0.3 is 0 Å². The largest absolute Gasteiger partial charge is 0.373 e. The maximum Gasteiger partial charge on any atom is 0.274 e. The van der Waals surface area contributed by atoms with E-state index in [1.165, 1.54) is 0 Å². The van der Waals surface area contributed by atoms with Gasteiger partial charge in [0.1, 0.15) is 5.69 Å². The van der Waals surface area contributed by atoms with E-state index in [4.69, 9.17) is 0 Å². The highest BCUT2D eigenvalue weighted by atomic mass is 16.1. The van der Waals surface area contributed by atoms with E-state index in [1.807, 2.05) is 45.2 Å². The lowest BCUT2D eigenvalue weighted by molar-refractivity contribution is 0.102. The number of hydrogen-bond donors (Lipinski definition) is 1. The van der Waals surface area contributed by atoms with Crippen molar-refractivity contribution in [1.82, 2.24) is 4.98 Å². The summed E-state index contributed by atoms with van der Waals surface area (Å²) in [7, 11) is 2.04. The zero-order valence-electron chi connectivity index (χ0n) is 14.4. The van der Waals surface area contributed by atoms with E-state index < -0.39 is 0 Å². The fourth-order valence-electron chi connectivity index (χ4n) is 2.34. The molecule has 0 spiro atoms. The highest BCUT2D eigenvalue weighted by Crippen LogP contribution is 2.19. The quantitative estimate of drug-likeness (QED) is 0.870. The highest BCUT2D eigenvalue weighted by molar-refractivity contribution is 6.03. The number of carbonyl (C=O) groups excluding carboxylic acids is 1. The maximum absolute atomic E-state index is 12.3. The fraction of sp³-hybridized carbons (Fsp3) is 0.368. The molecule has 1 heterocycles. The van der Waals surface area contributed by atoms with Crippen molar-refractivity contribution in [1.29, 1.82) is 0 Å². The van der Waals surface area contributed by atoms with Gasteiger partial charge in [-0.2, -0.15) is 0 Å². The number of amides is 1. The monoisotopic (exact) mass is 311 g/mol. The molecular weight excluding hydrogens is 286 g/mol. The minimum Gasteiger partial charge on any atom is -0.373 e. The Morgan fingerprint density at radius 2 is 2.00 bits per heavy atom. The number of hydrogen-bond acceptors (Lipinski definition) is 3. The normalized spacial score (nSPS) is 10.4. The Balaban J connectivity index is 2.07. The molecule has 1 amide bonds. The third kappa shape index (κ3) is 4.31. The van der Waals surface area contributed by atoms with Gasteiger partial charge in [0.2, 0.25) is 0 Å². The second-order valence-corrected chi connectivity index (χ2v) is 5.88. The molecule has 0 atom stereocenters. The first kappa shape index (κ1) is 17.0. The molecule has 0 saturated carbocycles. The number of nitrogens with one attached hydrogen (secondary N) is 1. The first-order chi connectivity index (χ1) is 11.0. The van der Waals surface area contributed by atoms with Crippen LogP contribution in [-0.2, 0) is 0 Å². The number of carbonyl (C=O) groups is 1. The maximum atomic E-state index is 12.3. The number of nitrogens with zero attached hydrogens (tertiary/aromatic N) is 2. The molecule has 0 aliphatic heterocycles. The van der Waals surface area contributed by atoms with E-state index in [9.17, 15) is 4.79 Å². The SMILES string of the molecule is CCCCN(C)c1ccc(C(=O)Nc2cccc(C)c2C)nc1. The molecule has 2 rings (SSSR count). The summed E-state index contributed by atoms with van der Waals surface area (Å²) in [5.41, 5.74) is 4.53. The van der Waals surface area contributed by atoms with Crippen molar-refractivity contribution in [3.05, 3.63) is 53.3 Å². The molecule has 0 radical (unpaired) electrons. The Bertz CT molecular complexity index is 665. The average Bonchev–Trinajstić information content (AvgIpc) is 2.57. The van der Waals surface area contributed by atoms with Gasteiger partial charge in [-0.3, -0.25) is 4.79 Å². The Morgan fingerprint density at radius 3 is 2.65 bits per heavy atom. The van der Waals surface area contributed by atoms with E-state index in [0.717, 1.165) is 41.9 Å². The van der Waals surface area contributed by atoms with Crippen molar-refractivity contribution in [2.75, 3.05) is 23.8 Å². The lowest BCUT2D eigenvalue weighted by Gasteiger charge is -2.18. The standard InChI is InChI=1S/C19H25N3O/c1-5-6-12-22(4)16-10-11-18(20-13-16)19(23)21-17-9-7-8-14(2)15(17)3/h7-11,13H,5-6,12H2,1-4H3,(H,21,23). The lowest BCUT2D eigenvalue weighted by Crippen LogP contribution is -2.19. The van der Waals surface area contributed by atoms with Gasteiger partial charge in [-0.25, -0.2) is 4.98 Å². The molecule has 122 valence electrons. The van der Waals surface area contributed by atoms with Crippen LogP contribution < -0.4 is 10.2 Å². The Morgan fingerprint density at radius 1 is 1.22 bits per heavy atom. The number of benzene rings is 1. The summed E-state index contributed by atoms with van der Waals surface area (Å²) in [6.45, 7) is 7.20. The summed E-state index contributed by atoms with van der Waals surface area (Å²) in [4.78, 5) is 18.8. The van der Waals surface area contributed by atoms with Crippen LogP contribution in [0.4, 0.5) is 11.4 Å². The predicted octanol–water partition coefficient (Wildman–Crippen LogP) is 4.19. The molecule has 2 aromatic rings. The van der Waals surface area contributed by atoms with Crippen LogP contribution in [0.15, 0.2) is 36.5 Å². The molecule has 4 nitrogen and oxygen atoms in total. The predicted molar refractivity (Wildman–Crippen MR) is 96.3 cm³/mol. The average molecular weight is 311 g/mol. The van der Waals surface area contributed by atoms with Gasteiger partial charge in [-0.1, -0.05) is 25.5 Å². The second kappa shape index (κ2) is 7.77. The van der Waals surface area contributed by atoms with Gasteiger partial charge in [0.25, 0.3) is 5.91 Å². The molecular formula is C19H25N3O. The van der Waals surface area contributed by atoms with Crippen LogP contribution in [0.3, 0.4) is 0 Å². The highest BCUT2D eigenvalue weighted by Gasteiger charge is 2.10. The molecule has 4 heteroatoms. The first-order valence-electron chi connectivity index (χ1n) is 8.07. The molecule has 0 saturated heterocycles. The Hall–Kier alpha value is -2.36. The Labute approximate surface area is 138 Å². The summed E-state index contributed by atoms with van der Waals surface area (Å²) in [5.74, 6) is -0.179. The van der Waals surface area contributed by atoms with Crippen LogP contribution in [0.2, 0.25) is 0 Å². The zero-order valence-corrected chi connectivity index (χ0v) is 14.4. The van der Waals surface area contributed by atoms with Crippen LogP contribution in [0.5, 0.6) is 0 Å². The van der Waals surface area contributed by atoms with E-state index in [-0.39, 0.29) is 5.91 Å². The lowest BCUT2D eigenvalue weighted by atomic mass is 10.1. The van der Waals surface area contributed by atoms with Gasteiger partial charge < -0.3 is 10.2 Å². The number of aryl methyl sites for hydroxylation is 1. The van der Waals surface area contributed by atoms with Gasteiger partial charge in [0, 0.05) is 19.3 Å². The molecule has 0 aliphatic rings. The molecule has 0 bridgehead atoms. The van der Waals surface area contributed by atoms with Crippen LogP contribution in [0, 0.1) is 13.8 Å². The summed E-state index contributed by atoms with van der Waals surface area (Å²) < 4.78 is 0. The van der Waals surface area contributed by atoms with Gasteiger partial charge in [-0.15, -0.1) is 0 Å². The van der Waals surface area contributed by atoms with Gasteiger partial charge in [0.05, 0.1) is 11.9 Å². The summed E-state index contributed by atoms with van der Waals surface area (Å²) in [5, 5.41) is 2.94. The third-order valence-electron chi connectivity index (χ3n) is 4.12. The van der Waals surface area contributed by atoms with E-state index >= 15 is 0 Å². The summed E-state index contributed by atoms with van der Waals surface area (Å²) in [6.07, 6.45) is 4.06. The van der Waals surface area contributed by atoms with Crippen molar-refractivity contribution in [2.24, 2.45) is 0 Å². The van der Waals surface area contributed by atoms with E-state index in [1.54, 1.807) is 12.3 Å². The van der Waals surface area contributed by atoms with E-state index in [0.29, 0.717) is 5.69 Å². The first-order valence-corrected chi connectivity index (χ1v) is 8.07. The van der Waals surface area contributed by atoms with Crippen molar-refractivity contribution >= 4 is 17.3 Å². The van der Waals surface area contributed by atoms with Crippen molar-refractivity contribution in [3.63, 3.8) is 0 Å².